The first-order chi connectivity index (χ1) is 14.3. The van der Waals surface area contributed by atoms with Crippen molar-refractivity contribution in [2.45, 2.75) is 26.1 Å². The van der Waals surface area contributed by atoms with Crippen LogP contribution in [0.5, 0.6) is 0 Å². The minimum absolute atomic E-state index is 0.371. The van der Waals surface area contributed by atoms with E-state index in [0.717, 1.165) is 6.42 Å². The monoisotopic (exact) mass is 371 g/mol. The second-order valence-electron chi connectivity index (χ2n) is 7.93. The van der Waals surface area contributed by atoms with Gasteiger partial charge in [0.25, 0.3) is 0 Å². The van der Waals surface area contributed by atoms with Gasteiger partial charge in [-0.3, -0.25) is 0 Å². The fourth-order valence-electron chi connectivity index (χ4n) is 4.73. The van der Waals surface area contributed by atoms with Crippen LogP contribution in [0.25, 0.3) is 32.3 Å². The van der Waals surface area contributed by atoms with Crippen LogP contribution in [0.15, 0.2) is 91.0 Å². The van der Waals surface area contributed by atoms with Crippen LogP contribution in [0.1, 0.15) is 30.3 Å². The summed E-state index contributed by atoms with van der Waals surface area (Å²) < 4.78 is 0. The van der Waals surface area contributed by atoms with Gasteiger partial charge in [0.05, 0.1) is 0 Å². The standard InChI is InChI=1S/C28H24B/c1-3-26(27-19(2)16-17-20-10-4-7-13-23(20)27)29-28-24-14-8-5-11-21(24)18-22-12-6-9-15-25(22)28/h4-18,26H,3H2,1-2H3. The molecule has 1 heteroatoms. The van der Waals surface area contributed by atoms with Crippen molar-refractivity contribution < 1.29 is 0 Å². The normalized spacial score (nSPS) is 12.5. The van der Waals surface area contributed by atoms with Gasteiger partial charge in [0.15, 0.2) is 7.28 Å². The number of hydrogen-bond donors (Lipinski definition) is 0. The molecule has 5 rings (SSSR count). The Kier molecular flexibility index (Phi) is 4.60. The van der Waals surface area contributed by atoms with Crippen LogP contribution in [0.3, 0.4) is 0 Å². The molecule has 29 heavy (non-hydrogen) atoms. The maximum Gasteiger partial charge on any atom is 0.162 e. The Bertz CT molecular complexity index is 1280. The first kappa shape index (κ1) is 18.0. The molecule has 1 unspecified atom stereocenters. The molecule has 5 aromatic rings. The van der Waals surface area contributed by atoms with Crippen molar-refractivity contribution in [3.63, 3.8) is 0 Å². The van der Waals surface area contributed by atoms with Gasteiger partial charge in [0.2, 0.25) is 0 Å². The zero-order chi connectivity index (χ0) is 19.8. The molecule has 0 heterocycles. The summed E-state index contributed by atoms with van der Waals surface area (Å²) in [5.74, 6) is 0.371. The van der Waals surface area contributed by atoms with Gasteiger partial charge in [0.1, 0.15) is 0 Å². The maximum atomic E-state index is 2.51. The molecule has 0 amide bonds. The molecule has 1 atom stereocenters. The lowest BCUT2D eigenvalue weighted by Gasteiger charge is -2.22. The predicted octanol–water partition coefficient (Wildman–Crippen LogP) is 6.94. The Morgan fingerprint density at radius 2 is 1.21 bits per heavy atom. The molecule has 139 valence electrons. The minimum atomic E-state index is 0.371. The summed E-state index contributed by atoms with van der Waals surface area (Å²) in [6.07, 6.45) is 1.08. The highest BCUT2D eigenvalue weighted by atomic mass is 14.1. The van der Waals surface area contributed by atoms with Crippen molar-refractivity contribution in [3.8, 4) is 0 Å². The summed E-state index contributed by atoms with van der Waals surface area (Å²) in [5, 5.41) is 7.98. The van der Waals surface area contributed by atoms with E-state index in [9.17, 15) is 0 Å². The molecule has 0 fully saturated rings. The molecule has 0 bridgehead atoms. The van der Waals surface area contributed by atoms with Gasteiger partial charge in [-0.1, -0.05) is 104 Å². The molecule has 0 N–H and O–H groups in total. The number of rotatable bonds is 4. The molecule has 0 aliphatic carbocycles. The molecular formula is C28H24B. The average molecular weight is 371 g/mol. The van der Waals surface area contributed by atoms with Crippen molar-refractivity contribution >= 4 is 45.1 Å². The quantitative estimate of drug-likeness (QED) is 0.237. The summed E-state index contributed by atoms with van der Waals surface area (Å²) in [6.45, 7) is 4.55. The molecule has 5 aromatic carbocycles. The summed E-state index contributed by atoms with van der Waals surface area (Å²) in [6, 6.07) is 33.1. The third-order valence-electron chi connectivity index (χ3n) is 6.18. The lowest BCUT2D eigenvalue weighted by atomic mass is 9.53. The molecule has 1 radical (unpaired) electrons. The van der Waals surface area contributed by atoms with Crippen LogP contribution in [0.2, 0.25) is 0 Å². The lowest BCUT2D eigenvalue weighted by Crippen LogP contribution is -2.24. The Hall–Kier alpha value is -3.06. The smallest absolute Gasteiger partial charge is 0.0717 e. The Morgan fingerprint density at radius 1 is 0.655 bits per heavy atom. The first-order valence-electron chi connectivity index (χ1n) is 10.5. The van der Waals surface area contributed by atoms with Gasteiger partial charge in [0, 0.05) is 0 Å². The summed E-state index contributed by atoms with van der Waals surface area (Å²) in [5.41, 5.74) is 4.19. The SMILES string of the molecule is CCC([B]c1c2ccccc2cc2ccccc12)c1c(C)ccc2ccccc12. The van der Waals surface area contributed by atoms with E-state index < -0.39 is 0 Å². The zero-order valence-corrected chi connectivity index (χ0v) is 17.0. The third kappa shape index (κ3) is 3.11. The molecule has 0 saturated carbocycles. The highest BCUT2D eigenvalue weighted by Crippen LogP contribution is 2.31. The van der Waals surface area contributed by atoms with E-state index in [1.54, 1.807) is 0 Å². The van der Waals surface area contributed by atoms with Crippen LogP contribution in [0.4, 0.5) is 0 Å². The van der Waals surface area contributed by atoms with E-state index in [1.807, 2.05) is 0 Å². The molecule has 0 aliphatic heterocycles. The van der Waals surface area contributed by atoms with Crippen LogP contribution >= 0.6 is 0 Å². The van der Waals surface area contributed by atoms with E-state index in [2.05, 4.69) is 112 Å². The van der Waals surface area contributed by atoms with Gasteiger partial charge in [-0.25, -0.2) is 0 Å². The van der Waals surface area contributed by atoms with Gasteiger partial charge in [-0.15, -0.1) is 0 Å². The minimum Gasteiger partial charge on any atom is -0.0717 e. The molecular weight excluding hydrogens is 347 g/mol. The molecule has 0 aliphatic rings. The van der Waals surface area contributed by atoms with E-state index in [4.69, 9.17) is 0 Å². The van der Waals surface area contributed by atoms with Gasteiger partial charge in [-0.2, -0.15) is 0 Å². The van der Waals surface area contributed by atoms with E-state index in [-0.39, 0.29) is 0 Å². The van der Waals surface area contributed by atoms with E-state index in [0.29, 0.717) is 5.82 Å². The topological polar surface area (TPSA) is 0 Å². The highest BCUT2D eigenvalue weighted by molar-refractivity contribution is 6.62. The van der Waals surface area contributed by atoms with Crippen molar-refractivity contribution in [2.24, 2.45) is 0 Å². The van der Waals surface area contributed by atoms with Gasteiger partial charge in [-0.05, 0) is 62.3 Å². The van der Waals surface area contributed by atoms with Crippen molar-refractivity contribution in [1.29, 1.82) is 0 Å². The van der Waals surface area contributed by atoms with Crippen LogP contribution < -0.4 is 5.46 Å². The van der Waals surface area contributed by atoms with Crippen molar-refractivity contribution in [3.05, 3.63) is 102 Å². The summed E-state index contributed by atoms with van der Waals surface area (Å²) in [7, 11) is 2.51. The van der Waals surface area contributed by atoms with Gasteiger partial charge < -0.3 is 0 Å². The number of fused-ring (bicyclic) bond motifs is 3. The Labute approximate surface area is 173 Å². The molecule has 0 spiro atoms. The zero-order valence-electron chi connectivity index (χ0n) is 17.0. The number of aryl methyl sites for hydroxylation is 1. The highest BCUT2D eigenvalue weighted by Gasteiger charge is 2.20. The van der Waals surface area contributed by atoms with Crippen LogP contribution in [0, 0.1) is 6.92 Å². The second kappa shape index (κ2) is 7.41. The first-order valence-corrected chi connectivity index (χ1v) is 10.5. The molecule has 0 saturated heterocycles. The third-order valence-corrected chi connectivity index (χ3v) is 6.18. The summed E-state index contributed by atoms with van der Waals surface area (Å²) in [4.78, 5) is 0. The van der Waals surface area contributed by atoms with Gasteiger partial charge >= 0.3 is 0 Å². The van der Waals surface area contributed by atoms with Crippen molar-refractivity contribution in [1.82, 2.24) is 0 Å². The van der Waals surface area contributed by atoms with E-state index >= 15 is 0 Å². The van der Waals surface area contributed by atoms with Crippen LogP contribution in [-0.2, 0) is 0 Å². The number of benzene rings is 5. The Balaban J connectivity index is 1.73. The lowest BCUT2D eigenvalue weighted by molar-refractivity contribution is 0.876. The van der Waals surface area contributed by atoms with Crippen molar-refractivity contribution in [2.75, 3.05) is 0 Å². The Morgan fingerprint density at radius 3 is 1.83 bits per heavy atom. The maximum absolute atomic E-state index is 2.51. The summed E-state index contributed by atoms with van der Waals surface area (Å²) >= 11 is 0. The van der Waals surface area contributed by atoms with Crippen LogP contribution in [-0.4, -0.2) is 7.28 Å². The molecule has 0 nitrogen and oxygen atoms in total. The number of hydrogen-bond acceptors (Lipinski definition) is 0. The van der Waals surface area contributed by atoms with E-state index in [1.165, 1.54) is 48.9 Å². The second-order valence-corrected chi connectivity index (χ2v) is 7.93. The largest absolute Gasteiger partial charge is 0.162 e. The fourth-order valence-corrected chi connectivity index (χ4v) is 4.73. The fraction of sp³-hybridized carbons (Fsp3) is 0.143. The predicted molar refractivity (Wildman–Crippen MR) is 129 cm³/mol. The average Bonchev–Trinajstić information content (AvgIpc) is 2.77. The molecule has 0 aromatic heterocycles.